The number of hydrogen-bond donors (Lipinski definition) is 2. The molecule has 0 saturated heterocycles. The Labute approximate surface area is 101 Å². The molecule has 3 N–H and O–H groups in total. The maximum absolute atomic E-state index is 12.5. The highest BCUT2D eigenvalue weighted by Gasteiger charge is 2.39. The van der Waals surface area contributed by atoms with Crippen LogP contribution in [-0.4, -0.2) is 24.4 Å². The van der Waals surface area contributed by atoms with E-state index in [1.165, 1.54) is 19.2 Å². The average Bonchev–Trinajstić information content (AvgIpc) is 2.26. The molecule has 0 aromatic heterocycles. The Morgan fingerprint density at radius 3 is 2.56 bits per heavy atom. The van der Waals surface area contributed by atoms with E-state index in [0.717, 1.165) is 6.07 Å². The molecule has 1 aromatic rings. The molecule has 0 fully saturated rings. The molecule has 4 nitrogen and oxygen atoms in total. The van der Waals surface area contributed by atoms with E-state index in [1.807, 2.05) is 0 Å². The van der Waals surface area contributed by atoms with Crippen LogP contribution in [0.5, 0.6) is 5.75 Å². The number of carbonyl (C=O) groups is 1. The summed E-state index contributed by atoms with van der Waals surface area (Å²) in [5.74, 6) is -1.15. The number of alkyl halides is 3. The normalized spacial score (nSPS) is 13.2. The van der Waals surface area contributed by atoms with Crippen molar-refractivity contribution in [3.63, 3.8) is 0 Å². The first kappa shape index (κ1) is 14.3. The molecular weight excluding hydrogens is 251 g/mol. The second kappa shape index (κ2) is 5.26. The number of benzene rings is 1. The zero-order valence-corrected chi connectivity index (χ0v) is 9.49. The quantitative estimate of drug-likeness (QED) is 0.870. The number of methoxy groups -OCH3 is 1. The fourth-order valence-electron chi connectivity index (χ4n) is 1.49. The van der Waals surface area contributed by atoms with Crippen molar-refractivity contribution >= 4 is 5.97 Å². The topological polar surface area (TPSA) is 72.5 Å². The molecule has 0 aliphatic heterocycles. The third-order valence-corrected chi connectivity index (χ3v) is 2.34. The molecule has 7 heteroatoms. The standard InChI is InChI=1S/C11H12F3NO3/c1-18-8-3-2-6(5-9(16)17)4-7(8)10(15)11(12,13)14/h2-4,10H,5,15H2,1H3,(H,16,17)/t10-/m1/s1. The van der Waals surface area contributed by atoms with E-state index in [0.29, 0.717) is 0 Å². The van der Waals surface area contributed by atoms with Crippen LogP contribution in [0.1, 0.15) is 17.2 Å². The first-order chi connectivity index (χ1) is 8.25. The van der Waals surface area contributed by atoms with Crippen LogP contribution in [-0.2, 0) is 11.2 Å². The number of hydrogen-bond acceptors (Lipinski definition) is 3. The smallest absolute Gasteiger partial charge is 0.407 e. The zero-order valence-electron chi connectivity index (χ0n) is 9.49. The lowest BCUT2D eigenvalue weighted by Gasteiger charge is -2.19. The van der Waals surface area contributed by atoms with E-state index in [2.05, 4.69) is 0 Å². The molecule has 1 atom stereocenters. The summed E-state index contributed by atoms with van der Waals surface area (Å²) < 4.78 is 42.4. The Morgan fingerprint density at radius 1 is 1.50 bits per heavy atom. The minimum absolute atomic E-state index is 0.0195. The lowest BCUT2D eigenvalue weighted by Crippen LogP contribution is -2.29. The highest BCUT2D eigenvalue weighted by Crippen LogP contribution is 2.35. The molecular formula is C11H12F3NO3. The van der Waals surface area contributed by atoms with Crippen LogP contribution in [0.3, 0.4) is 0 Å². The summed E-state index contributed by atoms with van der Waals surface area (Å²) in [7, 11) is 1.22. The van der Waals surface area contributed by atoms with E-state index < -0.39 is 18.2 Å². The highest BCUT2D eigenvalue weighted by molar-refractivity contribution is 5.70. The molecule has 1 rings (SSSR count). The van der Waals surface area contributed by atoms with E-state index in [1.54, 1.807) is 0 Å². The van der Waals surface area contributed by atoms with E-state index in [-0.39, 0.29) is 23.3 Å². The Morgan fingerprint density at radius 2 is 2.11 bits per heavy atom. The van der Waals surface area contributed by atoms with Crippen molar-refractivity contribution in [1.82, 2.24) is 0 Å². The molecule has 0 heterocycles. The molecule has 0 aliphatic carbocycles. The van der Waals surface area contributed by atoms with Gasteiger partial charge < -0.3 is 15.6 Å². The summed E-state index contributed by atoms with van der Waals surface area (Å²) in [6.45, 7) is 0. The number of ether oxygens (including phenoxy) is 1. The Balaban J connectivity index is 3.17. The number of rotatable bonds is 4. The van der Waals surface area contributed by atoms with Crippen LogP contribution in [0, 0.1) is 0 Å². The molecule has 1 aromatic carbocycles. The average molecular weight is 263 g/mol. The van der Waals surface area contributed by atoms with Gasteiger partial charge in [-0.15, -0.1) is 0 Å². The monoisotopic (exact) mass is 263 g/mol. The van der Waals surface area contributed by atoms with Gasteiger partial charge in [0.25, 0.3) is 0 Å². The number of nitrogens with two attached hydrogens (primary N) is 1. The van der Waals surface area contributed by atoms with Crippen LogP contribution in [0.2, 0.25) is 0 Å². The summed E-state index contributed by atoms with van der Waals surface area (Å²) in [6, 6.07) is 1.56. The Bertz CT molecular complexity index is 446. The van der Waals surface area contributed by atoms with Crippen LogP contribution in [0.4, 0.5) is 13.2 Å². The number of carboxylic acids is 1. The highest BCUT2D eigenvalue weighted by atomic mass is 19.4. The summed E-state index contributed by atoms with van der Waals surface area (Å²) in [6.07, 6.45) is -4.99. The van der Waals surface area contributed by atoms with Crippen LogP contribution in [0.25, 0.3) is 0 Å². The molecule has 18 heavy (non-hydrogen) atoms. The number of halogens is 3. The van der Waals surface area contributed by atoms with Crippen molar-refractivity contribution in [3.05, 3.63) is 29.3 Å². The van der Waals surface area contributed by atoms with Gasteiger partial charge in [-0.2, -0.15) is 13.2 Å². The van der Waals surface area contributed by atoms with Crippen molar-refractivity contribution in [2.45, 2.75) is 18.6 Å². The first-order valence-corrected chi connectivity index (χ1v) is 4.96. The predicted octanol–water partition coefficient (Wildman–Crippen LogP) is 1.88. The molecule has 0 spiro atoms. The predicted molar refractivity (Wildman–Crippen MR) is 57.3 cm³/mol. The van der Waals surface area contributed by atoms with Crippen molar-refractivity contribution < 1.29 is 27.8 Å². The third-order valence-electron chi connectivity index (χ3n) is 2.34. The van der Waals surface area contributed by atoms with Gasteiger partial charge in [0.05, 0.1) is 13.5 Å². The van der Waals surface area contributed by atoms with Crippen molar-refractivity contribution in [2.75, 3.05) is 7.11 Å². The summed E-state index contributed by atoms with van der Waals surface area (Å²) >= 11 is 0. The van der Waals surface area contributed by atoms with Gasteiger partial charge in [-0.1, -0.05) is 6.07 Å². The third kappa shape index (κ3) is 3.36. The molecule has 0 amide bonds. The molecule has 0 unspecified atom stereocenters. The summed E-state index contributed by atoms with van der Waals surface area (Å²) in [5, 5.41) is 8.60. The molecule has 0 saturated carbocycles. The van der Waals surface area contributed by atoms with Gasteiger partial charge in [-0.05, 0) is 17.7 Å². The molecule has 100 valence electrons. The van der Waals surface area contributed by atoms with Gasteiger partial charge >= 0.3 is 12.1 Å². The lowest BCUT2D eigenvalue weighted by molar-refractivity contribution is -0.149. The van der Waals surface area contributed by atoms with Gasteiger partial charge in [0.2, 0.25) is 0 Å². The second-order valence-corrected chi connectivity index (χ2v) is 3.67. The lowest BCUT2D eigenvalue weighted by atomic mass is 10.0. The molecule has 0 radical (unpaired) electrons. The van der Waals surface area contributed by atoms with Gasteiger partial charge in [-0.3, -0.25) is 4.79 Å². The zero-order chi connectivity index (χ0) is 13.9. The second-order valence-electron chi connectivity index (χ2n) is 3.67. The van der Waals surface area contributed by atoms with E-state index in [4.69, 9.17) is 15.6 Å². The van der Waals surface area contributed by atoms with Crippen molar-refractivity contribution in [2.24, 2.45) is 5.73 Å². The van der Waals surface area contributed by atoms with Gasteiger partial charge in [0.1, 0.15) is 11.8 Å². The molecule has 0 aliphatic rings. The Hall–Kier alpha value is -1.76. The van der Waals surface area contributed by atoms with Crippen LogP contribution in [0.15, 0.2) is 18.2 Å². The van der Waals surface area contributed by atoms with Crippen molar-refractivity contribution in [3.8, 4) is 5.75 Å². The minimum atomic E-state index is -4.62. The minimum Gasteiger partial charge on any atom is -0.496 e. The number of aliphatic carboxylic acids is 1. The van der Waals surface area contributed by atoms with Gasteiger partial charge in [-0.25, -0.2) is 0 Å². The van der Waals surface area contributed by atoms with E-state index in [9.17, 15) is 18.0 Å². The summed E-state index contributed by atoms with van der Waals surface area (Å²) in [4.78, 5) is 10.5. The summed E-state index contributed by atoms with van der Waals surface area (Å²) in [5.41, 5.74) is 5.06. The fourth-order valence-corrected chi connectivity index (χ4v) is 1.49. The van der Waals surface area contributed by atoms with Gasteiger partial charge in [0.15, 0.2) is 0 Å². The maximum atomic E-state index is 12.5. The van der Waals surface area contributed by atoms with Crippen LogP contribution >= 0.6 is 0 Å². The van der Waals surface area contributed by atoms with Crippen molar-refractivity contribution in [1.29, 1.82) is 0 Å². The Kier molecular flexibility index (Phi) is 4.18. The first-order valence-electron chi connectivity index (χ1n) is 4.96. The fraction of sp³-hybridized carbons (Fsp3) is 0.364. The van der Waals surface area contributed by atoms with Crippen LogP contribution < -0.4 is 10.5 Å². The van der Waals surface area contributed by atoms with Gasteiger partial charge in [0, 0.05) is 5.56 Å². The van der Waals surface area contributed by atoms with E-state index >= 15 is 0 Å². The number of carboxylic acid groups (broad SMARTS) is 1. The maximum Gasteiger partial charge on any atom is 0.407 e. The largest absolute Gasteiger partial charge is 0.496 e. The molecule has 0 bridgehead atoms. The SMILES string of the molecule is COc1ccc(CC(=O)O)cc1[C@@H](N)C(F)(F)F.